The van der Waals surface area contributed by atoms with Gasteiger partial charge in [-0.25, -0.2) is 0 Å². The number of methoxy groups -OCH3 is 1. The summed E-state index contributed by atoms with van der Waals surface area (Å²) in [6, 6.07) is 14.3. The van der Waals surface area contributed by atoms with Gasteiger partial charge in [0.15, 0.2) is 0 Å². The molecule has 18 heavy (non-hydrogen) atoms. The molecule has 0 aliphatic heterocycles. The zero-order valence-corrected chi connectivity index (χ0v) is 10.6. The lowest BCUT2D eigenvalue weighted by Gasteiger charge is -2.14. The number of nitriles is 1. The van der Waals surface area contributed by atoms with Crippen molar-refractivity contribution in [3.63, 3.8) is 0 Å². The van der Waals surface area contributed by atoms with Gasteiger partial charge in [-0.1, -0.05) is 18.2 Å². The molecule has 2 rings (SSSR count). The Hall–Kier alpha value is -2.05. The maximum atomic E-state index is 9.04. The molecule has 0 aliphatic carbocycles. The van der Waals surface area contributed by atoms with Crippen molar-refractivity contribution in [2.75, 3.05) is 19.0 Å². The Kier molecular flexibility index (Phi) is 3.81. The summed E-state index contributed by atoms with van der Waals surface area (Å²) in [5.74, 6) is 0. The number of anilines is 1. The summed E-state index contributed by atoms with van der Waals surface area (Å²) in [5, 5.41) is 14.5. The Morgan fingerprint density at radius 3 is 2.89 bits per heavy atom. The van der Waals surface area contributed by atoms with Gasteiger partial charge in [0.25, 0.3) is 0 Å². The van der Waals surface area contributed by atoms with Crippen molar-refractivity contribution >= 4 is 16.5 Å². The lowest BCUT2D eigenvalue weighted by Crippen LogP contribution is -2.20. The highest BCUT2D eigenvalue weighted by molar-refractivity contribution is 5.90. The maximum absolute atomic E-state index is 9.04. The van der Waals surface area contributed by atoms with E-state index >= 15 is 0 Å². The molecule has 0 aliphatic rings. The number of fused-ring (bicyclic) bond motifs is 1. The molecular weight excluding hydrogens is 224 g/mol. The first kappa shape index (κ1) is 12.4. The lowest BCUT2D eigenvalue weighted by molar-refractivity contribution is 0.190. The van der Waals surface area contributed by atoms with Gasteiger partial charge in [-0.2, -0.15) is 5.26 Å². The zero-order chi connectivity index (χ0) is 13.0. The van der Waals surface area contributed by atoms with Crippen LogP contribution >= 0.6 is 0 Å². The maximum Gasteiger partial charge on any atom is 0.0998 e. The summed E-state index contributed by atoms with van der Waals surface area (Å²) in [6.07, 6.45) is 0. The van der Waals surface area contributed by atoms with Crippen molar-refractivity contribution in [3.8, 4) is 6.07 Å². The Morgan fingerprint density at radius 1 is 1.33 bits per heavy atom. The number of nitrogens with zero attached hydrogens (tertiary/aromatic N) is 1. The Labute approximate surface area is 107 Å². The molecule has 0 heterocycles. The third kappa shape index (κ3) is 2.61. The summed E-state index contributed by atoms with van der Waals surface area (Å²) in [4.78, 5) is 0. The van der Waals surface area contributed by atoms with E-state index in [0.717, 1.165) is 16.5 Å². The molecule has 0 amide bonds. The van der Waals surface area contributed by atoms with Crippen LogP contribution in [0.5, 0.6) is 0 Å². The van der Waals surface area contributed by atoms with Crippen LogP contribution in [0.2, 0.25) is 0 Å². The molecule has 0 spiro atoms. The predicted octanol–water partition coefficient (Wildman–Crippen LogP) is 3.16. The quantitative estimate of drug-likeness (QED) is 0.892. The summed E-state index contributed by atoms with van der Waals surface area (Å²) in [6.45, 7) is 2.73. The fourth-order valence-corrected chi connectivity index (χ4v) is 2.05. The van der Waals surface area contributed by atoms with E-state index in [4.69, 9.17) is 10.00 Å². The molecule has 1 unspecified atom stereocenters. The summed E-state index contributed by atoms with van der Waals surface area (Å²) >= 11 is 0. The minimum absolute atomic E-state index is 0.256. The van der Waals surface area contributed by atoms with Gasteiger partial charge in [-0.05, 0) is 35.9 Å². The van der Waals surface area contributed by atoms with Crippen molar-refractivity contribution in [3.05, 3.63) is 42.0 Å². The summed E-state index contributed by atoms with van der Waals surface area (Å²) < 4.78 is 5.09. The normalized spacial score (nSPS) is 12.1. The average Bonchev–Trinajstić information content (AvgIpc) is 2.38. The van der Waals surface area contributed by atoms with Crippen LogP contribution in [0, 0.1) is 11.3 Å². The second kappa shape index (κ2) is 5.52. The molecule has 2 aromatic rings. The Morgan fingerprint density at radius 2 is 2.17 bits per heavy atom. The fraction of sp³-hybridized carbons (Fsp3) is 0.267. The fourth-order valence-electron chi connectivity index (χ4n) is 2.05. The number of hydrogen-bond donors (Lipinski definition) is 1. The third-order valence-corrected chi connectivity index (χ3v) is 2.83. The van der Waals surface area contributed by atoms with Crippen LogP contribution in [0.15, 0.2) is 36.4 Å². The van der Waals surface area contributed by atoms with Gasteiger partial charge in [0.1, 0.15) is 0 Å². The van der Waals surface area contributed by atoms with E-state index in [1.807, 2.05) is 30.3 Å². The van der Waals surface area contributed by atoms with E-state index in [0.29, 0.717) is 12.2 Å². The van der Waals surface area contributed by atoms with E-state index in [2.05, 4.69) is 24.4 Å². The molecule has 0 saturated heterocycles. The second-order valence-electron chi connectivity index (χ2n) is 4.35. The molecular formula is C15H16N2O. The minimum atomic E-state index is 0.256. The van der Waals surface area contributed by atoms with Crippen molar-refractivity contribution in [1.29, 1.82) is 5.26 Å². The number of benzene rings is 2. The Bertz CT molecular complexity index is 587. The van der Waals surface area contributed by atoms with Crippen molar-refractivity contribution in [2.24, 2.45) is 0 Å². The zero-order valence-electron chi connectivity index (χ0n) is 10.6. The number of ether oxygens (including phenoxy) is 1. The topological polar surface area (TPSA) is 45.0 Å². The SMILES string of the molecule is COCC(C)Nc1ccc2c(C#N)cccc2c1. The second-order valence-corrected chi connectivity index (χ2v) is 4.35. The van der Waals surface area contributed by atoms with E-state index in [1.165, 1.54) is 0 Å². The van der Waals surface area contributed by atoms with E-state index < -0.39 is 0 Å². The molecule has 3 heteroatoms. The monoisotopic (exact) mass is 240 g/mol. The van der Waals surface area contributed by atoms with E-state index in [9.17, 15) is 0 Å². The first-order valence-electron chi connectivity index (χ1n) is 5.93. The van der Waals surface area contributed by atoms with Gasteiger partial charge in [0.2, 0.25) is 0 Å². The summed E-state index contributed by atoms with van der Waals surface area (Å²) in [7, 11) is 1.69. The van der Waals surface area contributed by atoms with Crippen molar-refractivity contribution < 1.29 is 4.74 Å². The first-order chi connectivity index (χ1) is 8.74. The van der Waals surface area contributed by atoms with Crippen LogP contribution in [0.4, 0.5) is 5.69 Å². The largest absolute Gasteiger partial charge is 0.383 e. The molecule has 3 nitrogen and oxygen atoms in total. The molecule has 0 bridgehead atoms. The van der Waals surface area contributed by atoms with Crippen LogP contribution < -0.4 is 5.32 Å². The van der Waals surface area contributed by atoms with E-state index in [-0.39, 0.29) is 6.04 Å². The predicted molar refractivity (Wildman–Crippen MR) is 73.6 cm³/mol. The van der Waals surface area contributed by atoms with Crippen LogP contribution in [-0.2, 0) is 4.74 Å². The standard InChI is InChI=1S/C15H16N2O/c1-11(10-18-2)17-14-6-7-15-12(8-14)4-3-5-13(15)9-16/h3-8,11,17H,10H2,1-2H3. The molecule has 0 aromatic heterocycles. The highest BCUT2D eigenvalue weighted by Crippen LogP contribution is 2.22. The third-order valence-electron chi connectivity index (χ3n) is 2.83. The van der Waals surface area contributed by atoms with Crippen molar-refractivity contribution in [1.82, 2.24) is 0 Å². The van der Waals surface area contributed by atoms with Gasteiger partial charge >= 0.3 is 0 Å². The number of rotatable bonds is 4. The Balaban J connectivity index is 2.31. The average molecular weight is 240 g/mol. The van der Waals surface area contributed by atoms with Crippen molar-refractivity contribution in [2.45, 2.75) is 13.0 Å². The summed E-state index contributed by atoms with van der Waals surface area (Å²) in [5.41, 5.74) is 1.76. The van der Waals surface area contributed by atoms with Crippen LogP contribution in [-0.4, -0.2) is 19.8 Å². The van der Waals surface area contributed by atoms with Crippen LogP contribution in [0.3, 0.4) is 0 Å². The van der Waals surface area contributed by atoms with Gasteiger partial charge in [0.05, 0.1) is 18.2 Å². The van der Waals surface area contributed by atoms with Gasteiger partial charge in [-0.15, -0.1) is 0 Å². The van der Waals surface area contributed by atoms with Gasteiger partial charge in [0, 0.05) is 18.8 Å². The van der Waals surface area contributed by atoms with Crippen LogP contribution in [0.25, 0.3) is 10.8 Å². The smallest absolute Gasteiger partial charge is 0.0998 e. The highest BCUT2D eigenvalue weighted by Gasteiger charge is 2.04. The molecule has 0 fully saturated rings. The number of hydrogen-bond acceptors (Lipinski definition) is 3. The lowest BCUT2D eigenvalue weighted by atomic mass is 10.0. The van der Waals surface area contributed by atoms with Gasteiger partial charge in [-0.3, -0.25) is 0 Å². The van der Waals surface area contributed by atoms with E-state index in [1.54, 1.807) is 7.11 Å². The molecule has 2 aromatic carbocycles. The highest BCUT2D eigenvalue weighted by atomic mass is 16.5. The molecule has 0 saturated carbocycles. The number of nitrogens with one attached hydrogen (secondary N) is 1. The molecule has 92 valence electrons. The molecule has 0 radical (unpaired) electrons. The van der Waals surface area contributed by atoms with Gasteiger partial charge < -0.3 is 10.1 Å². The molecule has 1 N–H and O–H groups in total. The minimum Gasteiger partial charge on any atom is -0.383 e. The van der Waals surface area contributed by atoms with Crippen LogP contribution in [0.1, 0.15) is 12.5 Å². The first-order valence-corrected chi connectivity index (χ1v) is 5.93. The molecule has 1 atom stereocenters.